The van der Waals surface area contributed by atoms with Crippen molar-refractivity contribution in [1.29, 1.82) is 0 Å². The van der Waals surface area contributed by atoms with E-state index in [1.54, 1.807) is 24.3 Å². The molecule has 104 valence electrons. The molecule has 1 amide bonds. The van der Waals surface area contributed by atoms with Crippen molar-refractivity contribution in [2.45, 2.75) is 0 Å². The van der Waals surface area contributed by atoms with Gasteiger partial charge in [-0.05, 0) is 30.3 Å². The number of hydrogen-bond acceptors (Lipinski definition) is 5. The molecular formula is C14H9FN4O2. The third kappa shape index (κ3) is 2.76. The van der Waals surface area contributed by atoms with Crippen LogP contribution in [0.25, 0.3) is 11.5 Å². The van der Waals surface area contributed by atoms with Crippen LogP contribution in [0.3, 0.4) is 0 Å². The summed E-state index contributed by atoms with van der Waals surface area (Å²) in [7, 11) is 0. The highest BCUT2D eigenvalue weighted by Crippen LogP contribution is 2.20. The molecule has 0 radical (unpaired) electrons. The van der Waals surface area contributed by atoms with E-state index in [1.165, 1.54) is 24.7 Å². The highest BCUT2D eigenvalue weighted by molar-refractivity contribution is 6.04. The Labute approximate surface area is 118 Å². The second kappa shape index (κ2) is 5.49. The number of amides is 1. The maximum Gasteiger partial charge on any atom is 0.260 e. The van der Waals surface area contributed by atoms with Gasteiger partial charge in [0.2, 0.25) is 18.2 Å². The van der Waals surface area contributed by atoms with Crippen molar-refractivity contribution in [3.63, 3.8) is 0 Å². The lowest BCUT2D eigenvalue weighted by molar-refractivity contribution is 0.102. The maximum atomic E-state index is 13.4. The maximum absolute atomic E-state index is 13.4. The van der Waals surface area contributed by atoms with Crippen molar-refractivity contribution < 1.29 is 13.6 Å². The average molecular weight is 284 g/mol. The Hall–Kier alpha value is -3.09. The molecule has 3 aromatic rings. The first-order chi connectivity index (χ1) is 10.2. The van der Waals surface area contributed by atoms with Crippen LogP contribution < -0.4 is 5.32 Å². The van der Waals surface area contributed by atoms with E-state index in [0.717, 1.165) is 0 Å². The zero-order chi connectivity index (χ0) is 14.7. The van der Waals surface area contributed by atoms with Crippen molar-refractivity contribution in [2.75, 3.05) is 5.32 Å². The molecule has 3 rings (SSSR count). The summed E-state index contributed by atoms with van der Waals surface area (Å²) in [5.41, 5.74) is 1.01. The summed E-state index contributed by atoms with van der Waals surface area (Å²) in [6, 6.07) is 9.65. The monoisotopic (exact) mass is 284 g/mol. The molecule has 2 heterocycles. The first kappa shape index (κ1) is 12.9. The normalized spacial score (nSPS) is 10.3. The van der Waals surface area contributed by atoms with Crippen LogP contribution >= 0.6 is 0 Å². The highest BCUT2D eigenvalue weighted by Gasteiger charge is 2.13. The Kier molecular flexibility index (Phi) is 3.38. The van der Waals surface area contributed by atoms with Crippen LogP contribution in [0.2, 0.25) is 0 Å². The van der Waals surface area contributed by atoms with Gasteiger partial charge in [0.05, 0.1) is 5.56 Å². The summed E-state index contributed by atoms with van der Waals surface area (Å²) in [5, 5.41) is 9.96. The topological polar surface area (TPSA) is 80.9 Å². The van der Waals surface area contributed by atoms with E-state index in [0.29, 0.717) is 17.1 Å². The lowest BCUT2D eigenvalue weighted by Crippen LogP contribution is -2.14. The fourth-order valence-corrected chi connectivity index (χ4v) is 1.78. The highest BCUT2D eigenvalue weighted by atomic mass is 19.1. The Morgan fingerprint density at radius 2 is 2.14 bits per heavy atom. The largest absolute Gasteiger partial charge is 0.423 e. The van der Waals surface area contributed by atoms with E-state index < -0.39 is 11.9 Å². The molecule has 0 fully saturated rings. The molecule has 1 N–H and O–H groups in total. The molecule has 7 heteroatoms. The summed E-state index contributed by atoms with van der Waals surface area (Å²) in [6.07, 6.45) is 2.49. The lowest BCUT2D eigenvalue weighted by Gasteiger charge is -2.06. The van der Waals surface area contributed by atoms with Gasteiger partial charge in [-0.1, -0.05) is 6.07 Å². The Balaban J connectivity index is 1.84. The summed E-state index contributed by atoms with van der Waals surface area (Å²) < 4.78 is 18.5. The number of benzene rings is 1. The first-order valence-corrected chi connectivity index (χ1v) is 6.02. The zero-order valence-electron chi connectivity index (χ0n) is 10.7. The lowest BCUT2D eigenvalue weighted by atomic mass is 10.2. The van der Waals surface area contributed by atoms with Gasteiger partial charge in [-0.25, -0.2) is 4.98 Å². The quantitative estimate of drug-likeness (QED) is 0.747. The summed E-state index contributed by atoms with van der Waals surface area (Å²) >= 11 is 0. The number of aromatic nitrogens is 3. The van der Waals surface area contributed by atoms with E-state index >= 15 is 0 Å². The van der Waals surface area contributed by atoms with Crippen LogP contribution in [0.1, 0.15) is 10.4 Å². The van der Waals surface area contributed by atoms with Gasteiger partial charge in [0.25, 0.3) is 5.91 Å². The van der Waals surface area contributed by atoms with Gasteiger partial charge in [0.1, 0.15) is 0 Å². The van der Waals surface area contributed by atoms with Crippen LogP contribution in [0.15, 0.2) is 53.4 Å². The van der Waals surface area contributed by atoms with Gasteiger partial charge in [-0.15, -0.1) is 10.2 Å². The molecule has 2 aromatic heterocycles. The number of carbonyl (C=O) groups is 1. The molecule has 0 saturated carbocycles. The summed E-state index contributed by atoms with van der Waals surface area (Å²) in [5.74, 6) is -1.06. The molecular weight excluding hydrogens is 275 g/mol. The molecule has 0 bridgehead atoms. The van der Waals surface area contributed by atoms with Crippen molar-refractivity contribution in [3.8, 4) is 11.5 Å². The van der Waals surface area contributed by atoms with E-state index in [4.69, 9.17) is 4.42 Å². The van der Waals surface area contributed by atoms with Crippen molar-refractivity contribution in [2.24, 2.45) is 0 Å². The number of hydrogen-bond donors (Lipinski definition) is 1. The fourth-order valence-electron chi connectivity index (χ4n) is 1.78. The number of carbonyl (C=O) groups excluding carboxylic acids is 1. The number of rotatable bonds is 3. The standard InChI is InChI=1S/C14H9FN4O2/c15-12-11(5-2-6-16-12)13(20)18-10-4-1-3-9(7-10)14-19-17-8-21-14/h1-8H,(H,18,20). The molecule has 0 aliphatic rings. The number of nitrogens with one attached hydrogen (secondary N) is 1. The predicted octanol–water partition coefficient (Wildman–Crippen LogP) is 2.52. The molecule has 0 aliphatic heterocycles. The molecule has 0 atom stereocenters. The minimum atomic E-state index is -0.817. The number of nitrogens with zero attached hydrogens (tertiary/aromatic N) is 3. The first-order valence-electron chi connectivity index (χ1n) is 6.02. The zero-order valence-corrected chi connectivity index (χ0v) is 10.7. The number of anilines is 1. The van der Waals surface area contributed by atoms with Gasteiger partial charge in [-0.3, -0.25) is 4.79 Å². The third-order valence-electron chi connectivity index (χ3n) is 2.73. The number of halogens is 1. The van der Waals surface area contributed by atoms with Gasteiger partial charge in [-0.2, -0.15) is 4.39 Å². The molecule has 21 heavy (non-hydrogen) atoms. The van der Waals surface area contributed by atoms with E-state index in [1.807, 2.05) is 0 Å². The van der Waals surface area contributed by atoms with Gasteiger partial charge >= 0.3 is 0 Å². The summed E-state index contributed by atoms with van der Waals surface area (Å²) in [6.45, 7) is 0. The van der Waals surface area contributed by atoms with Crippen LogP contribution in [0.5, 0.6) is 0 Å². The molecule has 6 nitrogen and oxygen atoms in total. The Bertz CT molecular complexity index is 774. The van der Waals surface area contributed by atoms with E-state index in [9.17, 15) is 9.18 Å². The van der Waals surface area contributed by atoms with Crippen LogP contribution in [-0.4, -0.2) is 21.1 Å². The van der Waals surface area contributed by atoms with E-state index in [-0.39, 0.29) is 5.56 Å². The Morgan fingerprint density at radius 1 is 1.24 bits per heavy atom. The summed E-state index contributed by atoms with van der Waals surface area (Å²) in [4.78, 5) is 15.4. The molecule has 0 spiro atoms. The second-order valence-electron chi connectivity index (χ2n) is 4.12. The number of pyridine rings is 1. The van der Waals surface area contributed by atoms with Crippen molar-refractivity contribution in [3.05, 3.63) is 60.5 Å². The predicted molar refractivity (Wildman–Crippen MR) is 71.9 cm³/mol. The second-order valence-corrected chi connectivity index (χ2v) is 4.12. The van der Waals surface area contributed by atoms with Crippen molar-refractivity contribution >= 4 is 11.6 Å². The van der Waals surface area contributed by atoms with Gasteiger partial charge in [0.15, 0.2) is 0 Å². The average Bonchev–Trinajstić information content (AvgIpc) is 3.02. The fraction of sp³-hybridized carbons (Fsp3) is 0. The molecule has 0 saturated heterocycles. The molecule has 0 aliphatic carbocycles. The molecule has 0 unspecified atom stereocenters. The van der Waals surface area contributed by atoms with Gasteiger partial charge < -0.3 is 9.73 Å². The Morgan fingerprint density at radius 3 is 2.90 bits per heavy atom. The minimum Gasteiger partial charge on any atom is -0.423 e. The minimum absolute atomic E-state index is 0.124. The van der Waals surface area contributed by atoms with Crippen LogP contribution in [-0.2, 0) is 0 Å². The molecule has 1 aromatic carbocycles. The SMILES string of the molecule is O=C(Nc1cccc(-c2nnco2)c1)c1cccnc1F. The van der Waals surface area contributed by atoms with Crippen LogP contribution in [0, 0.1) is 5.95 Å². The smallest absolute Gasteiger partial charge is 0.260 e. The van der Waals surface area contributed by atoms with Crippen LogP contribution in [0.4, 0.5) is 10.1 Å². The van der Waals surface area contributed by atoms with Gasteiger partial charge in [0, 0.05) is 17.4 Å². The van der Waals surface area contributed by atoms with E-state index in [2.05, 4.69) is 20.5 Å². The van der Waals surface area contributed by atoms with Crippen molar-refractivity contribution in [1.82, 2.24) is 15.2 Å². The third-order valence-corrected chi connectivity index (χ3v) is 2.73.